The fourth-order valence-electron chi connectivity index (χ4n) is 2.69. The second-order valence-corrected chi connectivity index (χ2v) is 9.39. The van der Waals surface area contributed by atoms with Crippen molar-refractivity contribution < 1.29 is 18.1 Å². The molecule has 0 spiro atoms. The number of hydrogen-bond acceptors (Lipinski definition) is 7. The lowest BCUT2D eigenvalue weighted by atomic mass is 10.1. The molecule has 0 saturated heterocycles. The maximum absolute atomic E-state index is 12.4. The molecule has 150 valence electrons. The molecule has 0 radical (unpaired) electrons. The molecule has 0 atom stereocenters. The number of benzene rings is 2. The van der Waals surface area contributed by atoms with E-state index in [9.17, 15) is 23.3 Å². The number of carbonyl (C=O) groups is 1. The number of sulfone groups is 1. The first kappa shape index (κ1) is 20.6. The first-order valence-corrected chi connectivity index (χ1v) is 11.2. The first-order chi connectivity index (χ1) is 13.6. The molecule has 3 rings (SSSR count). The van der Waals surface area contributed by atoms with E-state index in [0.29, 0.717) is 0 Å². The fraction of sp³-hybridized carbons (Fsp3) is 0.158. The molecule has 10 heteroatoms. The van der Waals surface area contributed by atoms with Gasteiger partial charge in [-0.3, -0.25) is 14.9 Å². The summed E-state index contributed by atoms with van der Waals surface area (Å²) >= 11 is 1.57. The highest BCUT2D eigenvalue weighted by Gasteiger charge is 2.24. The Morgan fingerprint density at radius 1 is 1.21 bits per heavy atom. The van der Waals surface area contributed by atoms with Crippen LogP contribution in [0.25, 0.3) is 11.3 Å². The van der Waals surface area contributed by atoms with Gasteiger partial charge in [0.2, 0.25) is 0 Å². The molecule has 3 aromatic rings. The molecule has 0 saturated carbocycles. The average Bonchev–Trinajstić information content (AvgIpc) is 3.11. The zero-order chi connectivity index (χ0) is 21.2. The Hall–Kier alpha value is -3.11. The van der Waals surface area contributed by atoms with Crippen LogP contribution in [0.5, 0.6) is 0 Å². The van der Waals surface area contributed by atoms with Crippen molar-refractivity contribution in [3.63, 3.8) is 0 Å². The highest BCUT2D eigenvalue weighted by atomic mass is 32.2. The van der Waals surface area contributed by atoms with Crippen molar-refractivity contribution in [3.05, 3.63) is 74.1 Å². The summed E-state index contributed by atoms with van der Waals surface area (Å²) in [5.41, 5.74) is 2.09. The highest BCUT2D eigenvalue weighted by Crippen LogP contribution is 2.25. The van der Waals surface area contributed by atoms with Gasteiger partial charge in [0, 0.05) is 35.4 Å². The summed E-state index contributed by atoms with van der Waals surface area (Å²) < 4.78 is 23.3. The molecular formula is C19H17N3O5S2. The van der Waals surface area contributed by atoms with Gasteiger partial charge < -0.3 is 5.32 Å². The molecule has 0 unspecified atom stereocenters. The molecule has 0 aliphatic carbocycles. The number of aryl methyl sites for hydroxylation is 1. The molecule has 0 aliphatic heterocycles. The van der Waals surface area contributed by atoms with E-state index in [-0.39, 0.29) is 12.1 Å². The smallest absolute Gasteiger partial charge is 0.288 e. The van der Waals surface area contributed by atoms with Crippen LogP contribution in [0.15, 0.2) is 52.7 Å². The van der Waals surface area contributed by atoms with Gasteiger partial charge in [0.1, 0.15) is 4.90 Å². The first-order valence-electron chi connectivity index (χ1n) is 8.43. The van der Waals surface area contributed by atoms with Crippen molar-refractivity contribution in [3.8, 4) is 11.3 Å². The van der Waals surface area contributed by atoms with E-state index in [0.717, 1.165) is 40.2 Å². The number of hydrogen-bond donors (Lipinski definition) is 1. The van der Waals surface area contributed by atoms with Gasteiger partial charge in [-0.25, -0.2) is 13.4 Å². The maximum atomic E-state index is 12.4. The third-order valence-electron chi connectivity index (χ3n) is 4.14. The second-order valence-electron chi connectivity index (χ2n) is 6.34. The molecule has 0 bridgehead atoms. The van der Waals surface area contributed by atoms with Crippen LogP contribution >= 0.6 is 11.3 Å². The normalized spacial score (nSPS) is 11.2. The van der Waals surface area contributed by atoms with Crippen LogP contribution in [0.2, 0.25) is 0 Å². The zero-order valence-electron chi connectivity index (χ0n) is 15.6. The Labute approximate surface area is 171 Å². The van der Waals surface area contributed by atoms with Gasteiger partial charge in [-0.1, -0.05) is 24.3 Å². The number of amides is 1. The molecule has 1 heterocycles. The third kappa shape index (κ3) is 4.84. The van der Waals surface area contributed by atoms with Crippen molar-refractivity contribution >= 4 is 32.8 Å². The molecule has 1 aromatic heterocycles. The van der Waals surface area contributed by atoms with Gasteiger partial charge in [-0.05, 0) is 24.6 Å². The van der Waals surface area contributed by atoms with Crippen molar-refractivity contribution in [2.24, 2.45) is 0 Å². The van der Waals surface area contributed by atoms with Crippen LogP contribution in [0, 0.1) is 17.0 Å². The Kier molecular flexibility index (Phi) is 5.76. The van der Waals surface area contributed by atoms with E-state index in [2.05, 4.69) is 10.3 Å². The number of thiazole rings is 1. The highest BCUT2D eigenvalue weighted by molar-refractivity contribution is 7.90. The van der Waals surface area contributed by atoms with Gasteiger partial charge in [0.15, 0.2) is 9.84 Å². The minimum atomic E-state index is -3.78. The van der Waals surface area contributed by atoms with Gasteiger partial charge in [0.05, 0.1) is 15.6 Å². The predicted octanol–water partition coefficient (Wildman–Crippen LogP) is 3.36. The van der Waals surface area contributed by atoms with Crippen LogP contribution in [0.4, 0.5) is 5.69 Å². The summed E-state index contributed by atoms with van der Waals surface area (Å²) in [6.45, 7) is 2.15. The largest absolute Gasteiger partial charge is 0.348 e. The van der Waals surface area contributed by atoms with Crippen LogP contribution in [0.3, 0.4) is 0 Å². The van der Waals surface area contributed by atoms with Crippen molar-refractivity contribution in [2.45, 2.75) is 18.4 Å². The maximum Gasteiger partial charge on any atom is 0.288 e. The van der Waals surface area contributed by atoms with E-state index in [1.807, 2.05) is 36.6 Å². The number of rotatable bonds is 6. The summed E-state index contributed by atoms with van der Waals surface area (Å²) in [5.74, 6) is -0.535. The monoisotopic (exact) mass is 431 g/mol. The molecule has 1 amide bonds. The summed E-state index contributed by atoms with van der Waals surface area (Å²) in [6, 6.07) is 10.8. The number of nitrogens with zero attached hydrogens (tertiary/aromatic N) is 2. The van der Waals surface area contributed by atoms with E-state index < -0.39 is 31.3 Å². The molecule has 8 nitrogen and oxygen atoms in total. The van der Waals surface area contributed by atoms with Crippen molar-refractivity contribution in [1.29, 1.82) is 0 Å². The topological polar surface area (TPSA) is 119 Å². The summed E-state index contributed by atoms with van der Waals surface area (Å²) in [6.07, 6.45) is 0.881. The Morgan fingerprint density at radius 3 is 2.45 bits per heavy atom. The Balaban J connectivity index is 1.72. The van der Waals surface area contributed by atoms with E-state index in [1.165, 1.54) is 6.07 Å². The standard InChI is InChI=1S/C19H17N3O5S2/c1-12-21-16(11-28-12)14-5-3-13(4-6-14)10-20-19(23)15-7-8-18(29(2,26)27)17(9-15)22(24)25/h3-9,11H,10H2,1-2H3,(H,20,23). The number of nitrogens with one attached hydrogen (secondary N) is 1. The van der Waals surface area contributed by atoms with Gasteiger partial charge in [-0.15, -0.1) is 11.3 Å². The molecule has 2 aromatic carbocycles. The fourth-order valence-corrected chi connectivity index (χ4v) is 4.14. The molecular weight excluding hydrogens is 414 g/mol. The van der Waals surface area contributed by atoms with E-state index in [4.69, 9.17) is 0 Å². The van der Waals surface area contributed by atoms with Crippen molar-refractivity contribution in [2.75, 3.05) is 6.26 Å². The summed E-state index contributed by atoms with van der Waals surface area (Å²) in [7, 11) is -3.78. The molecule has 1 N–H and O–H groups in total. The minimum Gasteiger partial charge on any atom is -0.348 e. The van der Waals surface area contributed by atoms with E-state index >= 15 is 0 Å². The SMILES string of the molecule is Cc1nc(-c2ccc(CNC(=O)c3ccc(S(C)(=O)=O)c([N+](=O)[O-])c3)cc2)cs1. The predicted molar refractivity (Wildman–Crippen MR) is 110 cm³/mol. The number of carbonyl (C=O) groups excluding carboxylic acids is 1. The van der Waals surface area contributed by atoms with Crippen LogP contribution in [-0.4, -0.2) is 30.5 Å². The van der Waals surface area contributed by atoms with Gasteiger partial charge >= 0.3 is 0 Å². The van der Waals surface area contributed by atoms with Gasteiger partial charge in [0.25, 0.3) is 11.6 Å². The minimum absolute atomic E-state index is 0.0127. The third-order valence-corrected chi connectivity index (χ3v) is 6.06. The quantitative estimate of drug-likeness (QED) is 0.472. The Morgan fingerprint density at radius 2 is 1.90 bits per heavy atom. The second kappa shape index (κ2) is 8.10. The lowest BCUT2D eigenvalue weighted by Crippen LogP contribution is -2.23. The van der Waals surface area contributed by atoms with Gasteiger partial charge in [-0.2, -0.15) is 0 Å². The lowest BCUT2D eigenvalue weighted by Gasteiger charge is -2.07. The Bertz CT molecular complexity index is 1180. The number of nitro groups is 1. The van der Waals surface area contributed by atoms with Crippen LogP contribution in [0.1, 0.15) is 20.9 Å². The molecule has 0 fully saturated rings. The number of aromatic nitrogens is 1. The van der Waals surface area contributed by atoms with Crippen LogP contribution < -0.4 is 5.32 Å². The summed E-state index contributed by atoms with van der Waals surface area (Å²) in [4.78, 5) is 26.7. The average molecular weight is 431 g/mol. The summed E-state index contributed by atoms with van der Waals surface area (Å²) in [5, 5.41) is 16.8. The van der Waals surface area contributed by atoms with E-state index in [1.54, 1.807) is 11.3 Å². The number of nitro benzene ring substituents is 1. The molecule has 0 aliphatic rings. The zero-order valence-corrected chi connectivity index (χ0v) is 17.2. The van der Waals surface area contributed by atoms with Crippen LogP contribution in [-0.2, 0) is 16.4 Å². The lowest BCUT2D eigenvalue weighted by molar-refractivity contribution is -0.387. The van der Waals surface area contributed by atoms with Crippen molar-refractivity contribution in [1.82, 2.24) is 10.3 Å². The molecule has 29 heavy (non-hydrogen) atoms.